The van der Waals surface area contributed by atoms with Gasteiger partial charge >= 0.3 is 0 Å². The number of rotatable bonds is 5. The number of furan rings is 1. The number of nitrogens with one attached hydrogen (secondary N) is 1. The average molecular weight is 308 g/mol. The average Bonchev–Trinajstić information content (AvgIpc) is 2.85. The van der Waals surface area contributed by atoms with Crippen molar-refractivity contribution in [1.29, 1.82) is 0 Å². The molecule has 0 aliphatic carbocycles. The molecule has 0 bridgehead atoms. The van der Waals surface area contributed by atoms with E-state index in [-0.39, 0.29) is 0 Å². The molecule has 1 aromatic carbocycles. The first-order chi connectivity index (χ1) is 8.76. The highest BCUT2D eigenvalue weighted by atomic mass is 79.9. The lowest BCUT2D eigenvalue weighted by atomic mass is 10.1. The molecular weight excluding hydrogens is 290 g/mol. The van der Waals surface area contributed by atoms with Crippen LogP contribution in [0.4, 0.5) is 0 Å². The van der Waals surface area contributed by atoms with Crippen LogP contribution in [-0.2, 0) is 0 Å². The van der Waals surface area contributed by atoms with Crippen LogP contribution in [0.5, 0.6) is 0 Å². The topological polar surface area (TPSA) is 25.2 Å². The van der Waals surface area contributed by atoms with Gasteiger partial charge in [0.05, 0.1) is 6.04 Å². The monoisotopic (exact) mass is 307 g/mol. The van der Waals surface area contributed by atoms with Gasteiger partial charge in [0, 0.05) is 10.0 Å². The molecule has 1 atom stereocenters. The summed E-state index contributed by atoms with van der Waals surface area (Å²) in [5, 5.41) is 3.42. The van der Waals surface area contributed by atoms with Crippen molar-refractivity contribution in [3.63, 3.8) is 0 Å². The number of halogens is 1. The first-order valence-electron chi connectivity index (χ1n) is 6.34. The molecule has 0 saturated carbocycles. The van der Waals surface area contributed by atoms with Gasteiger partial charge in [0.15, 0.2) is 0 Å². The Kier molecular flexibility index (Phi) is 4.61. The highest BCUT2D eigenvalue weighted by Crippen LogP contribution is 2.31. The molecule has 18 heavy (non-hydrogen) atoms. The summed E-state index contributed by atoms with van der Waals surface area (Å²) < 4.78 is 7.02. The summed E-state index contributed by atoms with van der Waals surface area (Å²) in [6, 6.07) is 12.5. The third-order valence-electron chi connectivity index (χ3n) is 2.97. The van der Waals surface area contributed by atoms with Gasteiger partial charge in [-0.2, -0.15) is 0 Å². The van der Waals surface area contributed by atoms with Crippen LogP contribution in [-0.4, -0.2) is 6.54 Å². The fourth-order valence-corrected chi connectivity index (χ4v) is 2.52. The Labute approximate surface area is 117 Å². The lowest BCUT2D eigenvalue weighted by molar-refractivity contribution is 0.417. The maximum absolute atomic E-state index is 5.96. The van der Waals surface area contributed by atoms with Gasteiger partial charge in [-0.1, -0.05) is 48.0 Å². The summed E-state index contributed by atoms with van der Waals surface area (Å²) in [5.41, 5.74) is 1.09. The van der Waals surface area contributed by atoms with Gasteiger partial charge in [-0.3, -0.25) is 0 Å². The molecule has 0 amide bonds. The maximum Gasteiger partial charge on any atom is 0.135 e. The van der Waals surface area contributed by atoms with Gasteiger partial charge in [-0.05, 0) is 31.2 Å². The first kappa shape index (κ1) is 13.4. The Balaban J connectivity index is 2.28. The molecule has 1 unspecified atom stereocenters. The molecule has 0 fully saturated rings. The van der Waals surface area contributed by atoms with E-state index in [1.807, 2.05) is 24.3 Å². The van der Waals surface area contributed by atoms with Crippen molar-refractivity contribution in [2.75, 3.05) is 6.54 Å². The van der Waals surface area contributed by atoms with Crippen molar-refractivity contribution in [3.8, 4) is 11.3 Å². The van der Waals surface area contributed by atoms with Crippen LogP contribution in [0.2, 0.25) is 0 Å². The molecule has 0 spiro atoms. The van der Waals surface area contributed by atoms with E-state index in [1.165, 1.54) is 0 Å². The standard InChI is InChI=1S/C15H18BrNO/c1-3-13(17-4-2)15-10-9-14(18-15)11-7-5-6-8-12(11)16/h5-10,13,17H,3-4H2,1-2H3. The van der Waals surface area contributed by atoms with E-state index in [9.17, 15) is 0 Å². The highest BCUT2D eigenvalue weighted by Gasteiger charge is 2.14. The molecule has 0 aliphatic heterocycles. The minimum absolute atomic E-state index is 0.297. The second-order valence-corrected chi connectivity index (χ2v) is 5.05. The van der Waals surface area contributed by atoms with E-state index >= 15 is 0 Å². The largest absolute Gasteiger partial charge is 0.459 e. The molecule has 96 valence electrons. The molecule has 0 aliphatic rings. The number of hydrogen-bond acceptors (Lipinski definition) is 2. The van der Waals surface area contributed by atoms with Crippen LogP contribution < -0.4 is 5.32 Å². The van der Waals surface area contributed by atoms with Gasteiger partial charge in [-0.25, -0.2) is 0 Å². The summed E-state index contributed by atoms with van der Waals surface area (Å²) in [6.45, 7) is 5.22. The molecule has 1 aromatic heterocycles. The van der Waals surface area contributed by atoms with Gasteiger partial charge in [0.1, 0.15) is 11.5 Å². The molecule has 0 saturated heterocycles. The van der Waals surface area contributed by atoms with E-state index in [1.54, 1.807) is 0 Å². The molecule has 3 heteroatoms. The predicted octanol–water partition coefficient (Wildman–Crippen LogP) is 4.77. The smallest absolute Gasteiger partial charge is 0.135 e. The van der Waals surface area contributed by atoms with Crippen LogP contribution in [0.15, 0.2) is 45.3 Å². The fourth-order valence-electron chi connectivity index (χ4n) is 2.04. The minimum Gasteiger partial charge on any atom is -0.459 e. The van der Waals surface area contributed by atoms with Crippen LogP contribution in [0.1, 0.15) is 32.1 Å². The van der Waals surface area contributed by atoms with E-state index in [4.69, 9.17) is 4.42 Å². The molecule has 2 nitrogen and oxygen atoms in total. The van der Waals surface area contributed by atoms with Crippen LogP contribution in [0.25, 0.3) is 11.3 Å². The van der Waals surface area contributed by atoms with Crippen LogP contribution in [0.3, 0.4) is 0 Å². The first-order valence-corrected chi connectivity index (χ1v) is 7.13. The zero-order chi connectivity index (χ0) is 13.0. The second-order valence-electron chi connectivity index (χ2n) is 4.20. The Morgan fingerprint density at radius 1 is 1.17 bits per heavy atom. The Bertz CT molecular complexity index is 507. The zero-order valence-electron chi connectivity index (χ0n) is 10.7. The summed E-state index contributed by atoms with van der Waals surface area (Å²) in [4.78, 5) is 0. The van der Waals surface area contributed by atoms with Gasteiger partial charge < -0.3 is 9.73 Å². The maximum atomic E-state index is 5.96. The van der Waals surface area contributed by atoms with E-state index in [0.717, 1.165) is 34.5 Å². The molecule has 1 N–H and O–H groups in total. The summed E-state index contributed by atoms with van der Waals surface area (Å²) >= 11 is 3.55. The normalized spacial score (nSPS) is 12.6. The zero-order valence-corrected chi connectivity index (χ0v) is 12.3. The quantitative estimate of drug-likeness (QED) is 0.860. The van der Waals surface area contributed by atoms with Gasteiger partial charge in [0.25, 0.3) is 0 Å². The Morgan fingerprint density at radius 3 is 2.61 bits per heavy atom. The van der Waals surface area contributed by atoms with Gasteiger partial charge in [0.2, 0.25) is 0 Å². The Hall–Kier alpha value is -1.06. The van der Waals surface area contributed by atoms with Crippen molar-refractivity contribution < 1.29 is 4.42 Å². The highest BCUT2D eigenvalue weighted by molar-refractivity contribution is 9.10. The SMILES string of the molecule is CCNC(CC)c1ccc(-c2ccccc2Br)o1. The third kappa shape index (κ3) is 2.85. The van der Waals surface area contributed by atoms with Crippen molar-refractivity contribution in [2.24, 2.45) is 0 Å². The van der Waals surface area contributed by atoms with Gasteiger partial charge in [-0.15, -0.1) is 0 Å². The fraction of sp³-hybridized carbons (Fsp3) is 0.333. The third-order valence-corrected chi connectivity index (χ3v) is 3.66. The van der Waals surface area contributed by atoms with E-state index in [2.05, 4.69) is 47.2 Å². The van der Waals surface area contributed by atoms with E-state index in [0.29, 0.717) is 6.04 Å². The molecule has 0 radical (unpaired) electrons. The molecule has 1 heterocycles. The molecule has 2 rings (SSSR count). The number of hydrogen-bond donors (Lipinski definition) is 1. The molecule has 2 aromatic rings. The Morgan fingerprint density at radius 2 is 1.94 bits per heavy atom. The van der Waals surface area contributed by atoms with Crippen LogP contribution >= 0.6 is 15.9 Å². The van der Waals surface area contributed by atoms with Crippen molar-refractivity contribution >= 4 is 15.9 Å². The second kappa shape index (κ2) is 6.21. The van der Waals surface area contributed by atoms with Crippen molar-refractivity contribution in [2.45, 2.75) is 26.3 Å². The van der Waals surface area contributed by atoms with E-state index < -0.39 is 0 Å². The lowest BCUT2D eigenvalue weighted by Gasteiger charge is -2.12. The van der Waals surface area contributed by atoms with Crippen molar-refractivity contribution in [3.05, 3.63) is 46.6 Å². The lowest BCUT2D eigenvalue weighted by Crippen LogP contribution is -2.19. The summed E-state index contributed by atoms with van der Waals surface area (Å²) in [7, 11) is 0. The predicted molar refractivity (Wildman–Crippen MR) is 78.6 cm³/mol. The molecular formula is C15H18BrNO. The minimum atomic E-state index is 0.297. The van der Waals surface area contributed by atoms with Crippen LogP contribution in [0, 0.1) is 0 Å². The summed E-state index contributed by atoms with van der Waals surface area (Å²) in [5.74, 6) is 1.92. The van der Waals surface area contributed by atoms with Crippen molar-refractivity contribution in [1.82, 2.24) is 5.32 Å². The number of benzene rings is 1. The summed E-state index contributed by atoms with van der Waals surface area (Å²) in [6.07, 6.45) is 1.02.